The smallest absolute Gasteiger partial charge is 0.119 e. The fourth-order valence-electron chi connectivity index (χ4n) is 2.25. The first kappa shape index (κ1) is 13.5. The van der Waals surface area contributed by atoms with Crippen molar-refractivity contribution in [3.63, 3.8) is 0 Å². The molecule has 2 aromatic rings. The summed E-state index contributed by atoms with van der Waals surface area (Å²) in [6.45, 7) is 6.19. The molecule has 0 amide bonds. The molecule has 2 aromatic carbocycles. The molecule has 0 aliphatic rings. The second-order valence-electron chi connectivity index (χ2n) is 5.11. The standard InChI is InChI=1S/C17H20O2/c1-11(2)15-10-16(12(3)9-17(15)18)13-5-7-14(19-4)8-6-13/h5-11,18H,1-4H3. The molecule has 0 atom stereocenters. The van der Waals surface area contributed by atoms with E-state index < -0.39 is 0 Å². The summed E-state index contributed by atoms with van der Waals surface area (Å²) in [5, 5.41) is 10.00. The molecule has 0 aromatic heterocycles. The van der Waals surface area contributed by atoms with E-state index in [0.717, 1.165) is 28.0 Å². The summed E-state index contributed by atoms with van der Waals surface area (Å²) in [4.78, 5) is 0. The zero-order valence-corrected chi connectivity index (χ0v) is 11.9. The molecule has 0 spiro atoms. The summed E-state index contributed by atoms with van der Waals surface area (Å²) in [5.41, 5.74) is 4.35. The van der Waals surface area contributed by atoms with Crippen LogP contribution in [0.4, 0.5) is 0 Å². The Morgan fingerprint density at radius 2 is 1.68 bits per heavy atom. The number of hydrogen-bond acceptors (Lipinski definition) is 2. The zero-order valence-electron chi connectivity index (χ0n) is 11.9. The minimum absolute atomic E-state index is 0.303. The van der Waals surface area contributed by atoms with E-state index in [9.17, 15) is 5.11 Å². The van der Waals surface area contributed by atoms with E-state index in [1.165, 1.54) is 0 Å². The van der Waals surface area contributed by atoms with Crippen molar-refractivity contribution >= 4 is 0 Å². The highest BCUT2D eigenvalue weighted by atomic mass is 16.5. The maximum absolute atomic E-state index is 10.00. The maximum atomic E-state index is 10.00. The third-order valence-electron chi connectivity index (χ3n) is 3.40. The Balaban J connectivity index is 2.51. The highest BCUT2D eigenvalue weighted by Crippen LogP contribution is 2.34. The van der Waals surface area contributed by atoms with Crippen LogP contribution in [0.1, 0.15) is 30.9 Å². The molecular weight excluding hydrogens is 236 g/mol. The molecule has 0 fully saturated rings. The van der Waals surface area contributed by atoms with Crippen LogP contribution in [0.15, 0.2) is 36.4 Å². The summed E-state index contributed by atoms with van der Waals surface area (Å²) < 4.78 is 5.18. The third kappa shape index (κ3) is 2.73. The van der Waals surface area contributed by atoms with Gasteiger partial charge in [-0.05, 0) is 59.4 Å². The van der Waals surface area contributed by atoms with E-state index in [1.54, 1.807) is 7.11 Å². The molecule has 0 saturated carbocycles. The molecule has 0 bridgehead atoms. The minimum Gasteiger partial charge on any atom is -0.508 e. The molecule has 1 N–H and O–H groups in total. The first-order valence-corrected chi connectivity index (χ1v) is 6.51. The molecular formula is C17H20O2. The summed E-state index contributed by atoms with van der Waals surface area (Å²) in [6.07, 6.45) is 0. The number of hydrogen-bond donors (Lipinski definition) is 1. The van der Waals surface area contributed by atoms with E-state index in [0.29, 0.717) is 11.7 Å². The molecule has 0 unspecified atom stereocenters. The van der Waals surface area contributed by atoms with E-state index in [1.807, 2.05) is 37.3 Å². The normalized spacial score (nSPS) is 10.8. The van der Waals surface area contributed by atoms with Crippen molar-refractivity contribution in [1.29, 1.82) is 0 Å². The fraction of sp³-hybridized carbons (Fsp3) is 0.294. The minimum atomic E-state index is 0.303. The van der Waals surface area contributed by atoms with Gasteiger partial charge in [-0.25, -0.2) is 0 Å². The number of methoxy groups -OCH3 is 1. The third-order valence-corrected chi connectivity index (χ3v) is 3.40. The maximum Gasteiger partial charge on any atom is 0.119 e. The van der Waals surface area contributed by atoms with Gasteiger partial charge in [0.1, 0.15) is 11.5 Å². The van der Waals surface area contributed by atoms with E-state index in [4.69, 9.17) is 4.74 Å². The molecule has 0 aliphatic heterocycles. The first-order valence-electron chi connectivity index (χ1n) is 6.51. The highest BCUT2D eigenvalue weighted by molar-refractivity contribution is 5.70. The van der Waals surface area contributed by atoms with Crippen LogP contribution in [-0.2, 0) is 0 Å². The Morgan fingerprint density at radius 3 is 2.21 bits per heavy atom. The number of aryl methyl sites for hydroxylation is 1. The quantitative estimate of drug-likeness (QED) is 0.876. The molecule has 0 heterocycles. The zero-order chi connectivity index (χ0) is 14.0. The lowest BCUT2D eigenvalue weighted by molar-refractivity contribution is 0.415. The van der Waals surface area contributed by atoms with Crippen LogP contribution < -0.4 is 4.74 Å². The van der Waals surface area contributed by atoms with E-state index >= 15 is 0 Å². The Kier molecular flexibility index (Phi) is 3.79. The van der Waals surface area contributed by atoms with Gasteiger partial charge in [0.25, 0.3) is 0 Å². The lowest BCUT2D eigenvalue weighted by Gasteiger charge is -2.14. The Bertz CT molecular complexity index is 569. The van der Waals surface area contributed by atoms with Gasteiger partial charge < -0.3 is 9.84 Å². The lowest BCUT2D eigenvalue weighted by Crippen LogP contribution is -1.92. The number of benzene rings is 2. The van der Waals surface area contributed by atoms with Crippen LogP contribution >= 0.6 is 0 Å². The average molecular weight is 256 g/mol. The number of ether oxygens (including phenoxy) is 1. The first-order chi connectivity index (χ1) is 9.02. The van der Waals surface area contributed by atoms with Gasteiger partial charge in [0, 0.05) is 0 Å². The highest BCUT2D eigenvalue weighted by Gasteiger charge is 2.11. The second-order valence-corrected chi connectivity index (χ2v) is 5.11. The Labute approximate surface area is 114 Å². The van der Waals surface area contributed by atoms with Crippen molar-refractivity contribution in [2.45, 2.75) is 26.7 Å². The second kappa shape index (κ2) is 5.35. The van der Waals surface area contributed by atoms with Crippen LogP contribution in [0.3, 0.4) is 0 Å². The monoisotopic (exact) mass is 256 g/mol. The van der Waals surface area contributed by atoms with Gasteiger partial charge in [-0.2, -0.15) is 0 Å². The van der Waals surface area contributed by atoms with Gasteiger partial charge in [0.05, 0.1) is 7.11 Å². The summed E-state index contributed by atoms with van der Waals surface area (Å²) in [7, 11) is 1.66. The van der Waals surface area contributed by atoms with E-state index in [-0.39, 0.29) is 0 Å². The topological polar surface area (TPSA) is 29.5 Å². The van der Waals surface area contributed by atoms with Gasteiger partial charge in [0.2, 0.25) is 0 Å². The van der Waals surface area contributed by atoms with Crippen LogP contribution in [0.5, 0.6) is 11.5 Å². The number of aromatic hydroxyl groups is 1. The molecule has 100 valence electrons. The van der Waals surface area contributed by atoms with Gasteiger partial charge in [-0.1, -0.05) is 26.0 Å². The van der Waals surface area contributed by atoms with Crippen molar-refractivity contribution < 1.29 is 9.84 Å². The van der Waals surface area contributed by atoms with E-state index in [2.05, 4.69) is 19.9 Å². The van der Waals surface area contributed by atoms with Crippen LogP contribution in [0, 0.1) is 6.92 Å². The van der Waals surface area contributed by atoms with Crippen LogP contribution in [-0.4, -0.2) is 12.2 Å². The summed E-state index contributed by atoms with van der Waals surface area (Å²) in [6, 6.07) is 11.9. The molecule has 0 radical (unpaired) electrons. The van der Waals surface area contributed by atoms with Crippen LogP contribution in [0.2, 0.25) is 0 Å². The molecule has 2 heteroatoms. The van der Waals surface area contributed by atoms with Gasteiger partial charge >= 0.3 is 0 Å². The molecule has 2 rings (SSSR count). The predicted molar refractivity (Wildman–Crippen MR) is 78.9 cm³/mol. The van der Waals surface area contributed by atoms with Crippen molar-refractivity contribution in [3.8, 4) is 22.6 Å². The predicted octanol–water partition coefficient (Wildman–Crippen LogP) is 4.50. The fourth-order valence-corrected chi connectivity index (χ4v) is 2.25. The van der Waals surface area contributed by atoms with Gasteiger partial charge in [-0.3, -0.25) is 0 Å². The van der Waals surface area contributed by atoms with Gasteiger partial charge in [0.15, 0.2) is 0 Å². The van der Waals surface area contributed by atoms with Crippen molar-refractivity contribution in [1.82, 2.24) is 0 Å². The van der Waals surface area contributed by atoms with Crippen LogP contribution in [0.25, 0.3) is 11.1 Å². The summed E-state index contributed by atoms with van der Waals surface area (Å²) >= 11 is 0. The van der Waals surface area contributed by atoms with Crippen molar-refractivity contribution in [2.75, 3.05) is 7.11 Å². The average Bonchev–Trinajstić information content (AvgIpc) is 2.38. The number of rotatable bonds is 3. The number of phenols is 1. The van der Waals surface area contributed by atoms with Gasteiger partial charge in [-0.15, -0.1) is 0 Å². The largest absolute Gasteiger partial charge is 0.508 e. The molecule has 0 aliphatic carbocycles. The number of phenolic OH excluding ortho intramolecular Hbond substituents is 1. The molecule has 0 saturated heterocycles. The summed E-state index contributed by atoms with van der Waals surface area (Å²) in [5.74, 6) is 1.53. The Hall–Kier alpha value is -1.96. The van der Waals surface area contributed by atoms with Crippen molar-refractivity contribution in [2.24, 2.45) is 0 Å². The SMILES string of the molecule is COc1ccc(-c2cc(C(C)C)c(O)cc2C)cc1. The molecule has 2 nitrogen and oxygen atoms in total. The van der Waals surface area contributed by atoms with Crippen molar-refractivity contribution in [3.05, 3.63) is 47.5 Å². The molecule has 19 heavy (non-hydrogen) atoms. The Morgan fingerprint density at radius 1 is 1.05 bits per heavy atom. The lowest BCUT2D eigenvalue weighted by atomic mass is 9.93.